The van der Waals surface area contributed by atoms with Gasteiger partial charge in [0.15, 0.2) is 0 Å². The Kier molecular flexibility index (Phi) is 4.34. The van der Waals surface area contributed by atoms with Gasteiger partial charge in [0.1, 0.15) is 5.15 Å². The van der Waals surface area contributed by atoms with E-state index in [1.54, 1.807) is 6.20 Å². The van der Waals surface area contributed by atoms with E-state index in [0.29, 0.717) is 5.15 Å². The summed E-state index contributed by atoms with van der Waals surface area (Å²) in [5.74, 6) is 0. The summed E-state index contributed by atoms with van der Waals surface area (Å²) in [4.78, 5) is 6.25. The molecule has 0 N–H and O–H groups in total. The van der Waals surface area contributed by atoms with Crippen LogP contribution in [0, 0.1) is 6.92 Å². The van der Waals surface area contributed by atoms with Crippen molar-refractivity contribution in [2.24, 2.45) is 0 Å². The third kappa shape index (κ3) is 3.83. The first-order valence-electron chi connectivity index (χ1n) is 5.98. The minimum Gasteiger partial charge on any atom is -0.298 e. The maximum absolute atomic E-state index is 5.88. The molecule has 0 atom stereocenters. The number of aryl methyl sites for hydroxylation is 1. The van der Waals surface area contributed by atoms with Crippen LogP contribution in [-0.4, -0.2) is 16.9 Å². The molecule has 2 aromatic rings. The van der Waals surface area contributed by atoms with Crippen LogP contribution in [-0.2, 0) is 13.1 Å². The first-order chi connectivity index (χ1) is 8.63. The van der Waals surface area contributed by atoms with E-state index in [4.69, 9.17) is 11.6 Å². The van der Waals surface area contributed by atoms with Crippen LogP contribution in [0.3, 0.4) is 0 Å². The second kappa shape index (κ2) is 5.98. The Bertz CT molecular complexity index is 508. The van der Waals surface area contributed by atoms with Gasteiger partial charge in [-0.2, -0.15) is 0 Å². The Morgan fingerprint density at radius 1 is 1.06 bits per heavy atom. The van der Waals surface area contributed by atoms with Crippen molar-refractivity contribution in [2.45, 2.75) is 20.0 Å². The van der Waals surface area contributed by atoms with Gasteiger partial charge < -0.3 is 0 Å². The number of halogens is 1. The molecular weight excluding hydrogens is 244 g/mol. The summed E-state index contributed by atoms with van der Waals surface area (Å²) in [6.45, 7) is 3.91. The zero-order valence-corrected chi connectivity index (χ0v) is 11.5. The zero-order chi connectivity index (χ0) is 13.0. The molecule has 0 fully saturated rings. The molecule has 0 radical (unpaired) electrons. The maximum atomic E-state index is 5.88. The van der Waals surface area contributed by atoms with Crippen molar-refractivity contribution in [2.75, 3.05) is 7.05 Å². The fraction of sp³-hybridized carbons (Fsp3) is 0.267. The topological polar surface area (TPSA) is 16.1 Å². The lowest BCUT2D eigenvalue weighted by Gasteiger charge is -2.17. The minimum atomic E-state index is 0.552. The molecular formula is C15H17ClN2. The second-order valence-corrected chi connectivity index (χ2v) is 5.03. The number of pyridine rings is 1. The molecule has 0 aliphatic carbocycles. The lowest BCUT2D eigenvalue weighted by molar-refractivity contribution is 0.319. The fourth-order valence-corrected chi connectivity index (χ4v) is 2.11. The predicted molar refractivity (Wildman–Crippen MR) is 75.6 cm³/mol. The molecule has 1 aromatic heterocycles. The van der Waals surface area contributed by atoms with Crippen molar-refractivity contribution in [3.05, 3.63) is 64.4 Å². The van der Waals surface area contributed by atoms with Crippen LogP contribution in [0.15, 0.2) is 42.6 Å². The Hall–Kier alpha value is -1.38. The number of rotatable bonds is 4. The van der Waals surface area contributed by atoms with Gasteiger partial charge >= 0.3 is 0 Å². The van der Waals surface area contributed by atoms with Crippen molar-refractivity contribution in [3.63, 3.8) is 0 Å². The highest BCUT2D eigenvalue weighted by Gasteiger charge is 2.02. The van der Waals surface area contributed by atoms with Gasteiger partial charge in [0.05, 0.1) is 0 Å². The van der Waals surface area contributed by atoms with Gasteiger partial charge in [-0.1, -0.05) is 41.4 Å². The van der Waals surface area contributed by atoms with Crippen molar-refractivity contribution < 1.29 is 0 Å². The molecule has 0 saturated carbocycles. The van der Waals surface area contributed by atoms with Crippen molar-refractivity contribution >= 4 is 11.6 Å². The van der Waals surface area contributed by atoms with Gasteiger partial charge in [-0.3, -0.25) is 4.90 Å². The largest absolute Gasteiger partial charge is 0.298 e. The SMILES string of the molecule is Cc1ccc(CN(C)Cc2ccnc(Cl)c2)cc1. The Balaban J connectivity index is 1.96. The number of nitrogens with zero attached hydrogens (tertiary/aromatic N) is 2. The molecule has 1 heterocycles. The Morgan fingerprint density at radius 2 is 1.72 bits per heavy atom. The lowest BCUT2D eigenvalue weighted by Crippen LogP contribution is -2.17. The molecule has 0 bridgehead atoms. The van der Waals surface area contributed by atoms with Crippen molar-refractivity contribution in [3.8, 4) is 0 Å². The highest BCUT2D eigenvalue weighted by Crippen LogP contribution is 2.11. The highest BCUT2D eigenvalue weighted by molar-refractivity contribution is 6.29. The molecule has 2 rings (SSSR count). The average Bonchev–Trinajstić information content (AvgIpc) is 2.32. The van der Waals surface area contributed by atoms with Gasteiger partial charge in [0, 0.05) is 19.3 Å². The van der Waals surface area contributed by atoms with Crippen LogP contribution in [0.4, 0.5) is 0 Å². The third-order valence-corrected chi connectivity index (χ3v) is 3.02. The van der Waals surface area contributed by atoms with E-state index in [1.165, 1.54) is 16.7 Å². The molecule has 0 unspecified atom stereocenters. The average molecular weight is 261 g/mol. The molecule has 0 saturated heterocycles. The van der Waals surface area contributed by atoms with E-state index in [-0.39, 0.29) is 0 Å². The van der Waals surface area contributed by atoms with E-state index in [1.807, 2.05) is 12.1 Å². The molecule has 3 heteroatoms. The van der Waals surface area contributed by atoms with Crippen molar-refractivity contribution in [1.29, 1.82) is 0 Å². The number of hydrogen-bond donors (Lipinski definition) is 0. The van der Waals surface area contributed by atoms with Crippen LogP contribution in [0.25, 0.3) is 0 Å². The van der Waals surface area contributed by atoms with Crippen LogP contribution < -0.4 is 0 Å². The molecule has 0 spiro atoms. The summed E-state index contributed by atoms with van der Waals surface area (Å²) >= 11 is 5.88. The third-order valence-electron chi connectivity index (χ3n) is 2.82. The fourth-order valence-electron chi connectivity index (χ4n) is 1.91. The van der Waals surface area contributed by atoms with Gasteiger partial charge in [-0.25, -0.2) is 4.98 Å². The molecule has 0 aliphatic heterocycles. The van der Waals surface area contributed by atoms with Gasteiger partial charge in [0.25, 0.3) is 0 Å². The molecule has 94 valence electrons. The maximum Gasteiger partial charge on any atom is 0.129 e. The predicted octanol–water partition coefficient (Wildman–Crippen LogP) is 3.68. The number of aromatic nitrogens is 1. The first-order valence-corrected chi connectivity index (χ1v) is 6.36. The van der Waals surface area contributed by atoms with Crippen LogP contribution in [0.2, 0.25) is 5.15 Å². The monoisotopic (exact) mass is 260 g/mol. The van der Waals surface area contributed by atoms with Gasteiger partial charge in [0.2, 0.25) is 0 Å². The van der Waals surface area contributed by atoms with Gasteiger partial charge in [-0.05, 0) is 37.2 Å². The second-order valence-electron chi connectivity index (χ2n) is 4.64. The van der Waals surface area contributed by atoms with Gasteiger partial charge in [-0.15, -0.1) is 0 Å². The quantitative estimate of drug-likeness (QED) is 0.780. The zero-order valence-electron chi connectivity index (χ0n) is 10.7. The van der Waals surface area contributed by atoms with Crippen molar-refractivity contribution in [1.82, 2.24) is 9.88 Å². The summed E-state index contributed by atoms with van der Waals surface area (Å²) < 4.78 is 0. The number of hydrogen-bond acceptors (Lipinski definition) is 2. The van der Waals surface area contributed by atoms with Crippen LogP contribution in [0.5, 0.6) is 0 Å². The summed E-state index contributed by atoms with van der Waals surface area (Å²) in [6.07, 6.45) is 1.75. The van der Waals surface area contributed by atoms with E-state index in [2.05, 4.69) is 48.1 Å². The summed E-state index contributed by atoms with van der Waals surface area (Å²) in [5.41, 5.74) is 3.80. The van der Waals surface area contributed by atoms with Crippen LogP contribution >= 0.6 is 11.6 Å². The summed E-state index contributed by atoms with van der Waals surface area (Å²) in [5, 5.41) is 0.552. The lowest BCUT2D eigenvalue weighted by atomic mass is 10.1. The Labute approximate surface area is 113 Å². The van der Waals surface area contributed by atoms with E-state index < -0.39 is 0 Å². The standard InChI is InChI=1S/C15H17ClN2/c1-12-3-5-13(6-4-12)10-18(2)11-14-7-8-17-15(16)9-14/h3-9H,10-11H2,1-2H3. The van der Waals surface area contributed by atoms with Crippen LogP contribution in [0.1, 0.15) is 16.7 Å². The minimum absolute atomic E-state index is 0.552. The smallest absolute Gasteiger partial charge is 0.129 e. The molecule has 1 aromatic carbocycles. The molecule has 2 nitrogen and oxygen atoms in total. The highest BCUT2D eigenvalue weighted by atomic mass is 35.5. The van der Waals surface area contributed by atoms with E-state index >= 15 is 0 Å². The summed E-state index contributed by atoms with van der Waals surface area (Å²) in [6, 6.07) is 12.5. The normalized spacial score (nSPS) is 10.9. The summed E-state index contributed by atoms with van der Waals surface area (Å²) in [7, 11) is 2.11. The Morgan fingerprint density at radius 3 is 2.39 bits per heavy atom. The molecule has 18 heavy (non-hydrogen) atoms. The molecule has 0 amide bonds. The van der Waals surface area contributed by atoms with E-state index in [9.17, 15) is 0 Å². The number of benzene rings is 1. The molecule has 0 aliphatic rings. The van der Waals surface area contributed by atoms with E-state index in [0.717, 1.165) is 13.1 Å². The first kappa shape index (κ1) is 13.1.